The SMILES string of the molecule is Oc1cccc(SCc2nnc(-c3ccc(F)cc3)o2)c1. The first-order valence-electron chi connectivity index (χ1n) is 6.21. The van der Waals surface area contributed by atoms with Crippen LogP contribution in [0, 0.1) is 5.82 Å². The summed E-state index contributed by atoms with van der Waals surface area (Å²) < 4.78 is 18.4. The molecule has 0 saturated heterocycles. The van der Waals surface area contributed by atoms with Crippen LogP contribution in [0.25, 0.3) is 11.5 Å². The second-order valence-corrected chi connectivity index (χ2v) is 5.34. The minimum Gasteiger partial charge on any atom is -0.508 e. The van der Waals surface area contributed by atoms with Gasteiger partial charge in [0.1, 0.15) is 11.6 Å². The molecular weight excluding hydrogens is 291 g/mol. The van der Waals surface area contributed by atoms with Gasteiger partial charge in [-0.2, -0.15) is 0 Å². The molecule has 1 heterocycles. The first-order valence-corrected chi connectivity index (χ1v) is 7.19. The Hall–Kier alpha value is -2.34. The summed E-state index contributed by atoms with van der Waals surface area (Å²) in [5.74, 6) is 1.25. The van der Waals surface area contributed by atoms with Crippen molar-refractivity contribution < 1.29 is 13.9 Å². The lowest BCUT2D eigenvalue weighted by atomic mass is 10.2. The summed E-state index contributed by atoms with van der Waals surface area (Å²) in [6.07, 6.45) is 0. The van der Waals surface area contributed by atoms with Crippen molar-refractivity contribution >= 4 is 11.8 Å². The number of thioether (sulfide) groups is 1. The Kier molecular flexibility index (Phi) is 3.87. The summed E-state index contributed by atoms with van der Waals surface area (Å²) in [6.45, 7) is 0. The van der Waals surface area contributed by atoms with Gasteiger partial charge in [0.2, 0.25) is 11.8 Å². The van der Waals surface area contributed by atoms with Crippen LogP contribution in [0.5, 0.6) is 5.75 Å². The van der Waals surface area contributed by atoms with Crippen molar-refractivity contribution in [2.75, 3.05) is 0 Å². The van der Waals surface area contributed by atoms with Crippen LogP contribution in [-0.2, 0) is 5.75 Å². The number of rotatable bonds is 4. The van der Waals surface area contributed by atoms with E-state index in [9.17, 15) is 9.50 Å². The van der Waals surface area contributed by atoms with Gasteiger partial charge in [0.25, 0.3) is 0 Å². The van der Waals surface area contributed by atoms with E-state index in [0.29, 0.717) is 23.1 Å². The van der Waals surface area contributed by atoms with E-state index in [4.69, 9.17) is 4.42 Å². The molecule has 0 radical (unpaired) electrons. The molecule has 0 bridgehead atoms. The molecule has 0 unspecified atom stereocenters. The Morgan fingerprint density at radius 1 is 1.10 bits per heavy atom. The predicted molar refractivity (Wildman–Crippen MR) is 77.4 cm³/mol. The van der Waals surface area contributed by atoms with Crippen LogP contribution in [0.3, 0.4) is 0 Å². The second-order valence-electron chi connectivity index (χ2n) is 4.29. The lowest BCUT2D eigenvalue weighted by Crippen LogP contribution is -1.80. The third-order valence-electron chi connectivity index (χ3n) is 2.74. The Bertz CT molecular complexity index is 743. The zero-order valence-corrected chi connectivity index (χ0v) is 11.7. The normalized spacial score (nSPS) is 10.7. The number of phenols is 1. The fourth-order valence-electron chi connectivity index (χ4n) is 1.74. The lowest BCUT2D eigenvalue weighted by Gasteiger charge is -1.99. The summed E-state index contributed by atoms with van der Waals surface area (Å²) in [5.41, 5.74) is 0.678. The number of hydrogen-bond donors (Lipinski definition) is 1. The van der Waals surface area contributed by atoms with Crippen LogP contribution in [-0.4, -0.2) is 15.3 Å². The molecule has 4 nitrogen and oxygen atoms in total. The third kappa shape index (κ3) is 3.41. The van der Waals surface area contributed by atoms with E-state index in [1.54, 1.807) is 30.3 Å². The molecule has 2 aromatic carbocycles. The number of benzene rings is 2. The molecule has 1 N–H and O–H groups in total. The minimum atomic E-state index is -0.307. The molecule has 0 amide bonds. The largest absolute Gasteiger partial charge is 0.508 e. The van der Waals surface area contributed by atoms with E-state index in [-0.39, 0.29) is 11.6 Å². The minimum absolute atomic E-state index is 0.220. The zero-order chi connectivity index (χ0) is 14.7. The monoisotopic (exact) mass is 302 g/mol. The molecule has 0 aliphatic heterocycles. The summed E-state index contributed by atoms with van der Waals surface area (Å²) in [4.78, 5) is 0.913. The van der Waals surface area contributed by atoms with Crippen molar-refractivity contribution in [1.82, 2.24) is 10.2 Å². The van der Waals surface area contributed by atoms with Crippen molar-refractivity contribution in [3.05, 3.63) is 60.2 Å². The molecular formula is C15H11FN2O2S. The second kappa shape index (κ2) is 5.97. The molecule has 3 aromatic rings. The van der Waals surface area contributed by atoms with Crippen LogP contribution in [0.15, 0.2) is 57.8 Å². The average molecular weight is 302 g/mol. The molecule has 0 saturated carbocycles. The molecule has 0 aliphatic rings. The Labute approximate surface area is 124 Å². The number of hydrogen-bond acceptors (Lipinski definition) is 5. The predicted octanol–water partition coefficient (Wildman–Crippen LogP) is 3.87. The molecule has 1 aromatic heterocycles. The molecule has 0 aliphatic carbocycles. The van der Waals surface area contributed by atoms with Crippen molar-refractivity contribution in [2.24, 2.45) is 0 Å². The molecule has 0 spiro atoms. The van der Waals surface area contributed by atoms with Gasteiger partial charge in [0.05, 0.1) is 5.75 Å². The van der Waals surface area contributed by atoms with Gasteiger partial charge in [-0.15, -0.1) is 22.0 Å². The van der Waals surface area contributed by atoms with Gasteiger partial charge < -0.3 is 9.52 Å². The first-order chi connectivity index (χ1) is 10.2. The molecule has 0 atom stereocenters. The highest BCUT2D eigenvalue weighted by molar-refractivity contribution is 7.98. The Morgan fingerprint density at radius 3 is 2.67 bits per heavy atom. The van der Waals surface area contributed by atoms with E-state index in [1.165, 1.54) is 23.9 Å². The lowest BCUT2D eigenvalue weighted by molar-refractivity contribution is 0.474. The number of aromatic hydroxyl groups is 1. The van der Waals surface area contributed by atoms with Crippen LogP contribution in [0.2, 0.25) is 0 Å². The Balaban J connectivity index is 1.69. The summed E-state index contributed by atoms with van der Waals surface area (Å²) >= 11 is 1.48. The van der Waals surface area contributed by atoms with Gasteiger partial charge in [-0.05, 0) is 42.5 Å². The van der Waals surface area contributed by atoms with Gasteiger partial charge in [-0.1, -0.05) is 6.07 Å². The van der Waals surface area contributed by atoms with Gasteiger partial charge in [0.15, 0.2) is 0 Å². The zero-order valence-electron chi connectivity index (χ0n) is 10.9. The highest BCUT2D eigenvalue weighted by Crippen LogP contribution is 2.26. The molecule has 0 fully saturated rings. The summed E-state index contributed by atoms with van der Waals surface area (Å²) in [6, 6.07) is 12.8. The van der Waals surface area contributed by atoms with Crippen molar-refractivity contribution in [3.63, 3.8) is 0 Å². The van der Waals surface area contributed by atoms with Crippen molar-refractivity contribution in [2.45, 2.75) is 10.6 Å². The van der Waals surface area contributed by atoms with E-state index < -0.39 is 0 Å². The summed E-state index contributed by atoms with van der Waals surface area (Å²) in [7, 11) is 0. The number of aromatic nitrogens is 2. The maximum atomic E-state index is 12.9. The van der Waals surface area contributed by atoms with E-state index >= 15 is 0 Å². The fourth-order valence-corrected chi connectivity index (χ4v) is 2.53. The van der Waals surface area contributed by atoms with Gasteiger partial charge in [0, 0.05) is 10.5 Å². The quantitative estimate of drug-likeness (QED) is 0.741. The third-order valence-corrected chi connectivity index (χ3v) is 3.72. The Morgan fingerprint density at radius 2 is 1.90 bits per heavy atom. The highest BCUT2D eigenvalue weighted by atomic mass is 32.2. The van der Waals surface area contributed by atoms with Crippen molar-refractivity contribution in [3.8, 4) is 17.2 Å². The van der Waals surface area contributed by atoms with E-state index in [2.05, 4.69) is 10.2 Å². The number of nitrogens with zero attached hydrogens (tertiary/aromatic N) is 2. The van der Waals surface area contributed by atoms with Gasteiger partial charge >= 0.3 is 0 Å². The van der Waals surface area contributed by atoms with Crippen LogP contribution in [0.1, 0.15) is 5.89 Å². The maximum absolute atomic E-state index is 12.9. The maximum Gasteiger partial charge on any atom is 0.247 e. The standard InChI is InChI=1S/C15H11FN2O2S/c16-11-6-4-10(5-7-11)15-18-17-14(20-15)9-21-13-3-1-2-12(19)8-13/h1-8,19H,9H2. The number of halogens is 1. The number of phenolic OH excluding ortho intramolecular Hbond substituents is 1. The first kappa shape index (κ1) is 13.6. The summed E-state index contributed by atoms with van der Waals surface area (Å²) in [5, 5.41) is 17.3. The van der Waals surface area contributed by atoms with E-state index in [0.717, 1.165) is 4.90 Å². The highest BCUT2D eigenvalue weighted by Gasteiger charge is 2.09. The van der Waals surface area contributed by atoms with Gasteiger partial charge in [-0.25, -0.2) is 4.39 Å². The van der Waals surface area contributed by atoms with Crippen LogP contribution in [0.4, 0.5) is 4.39 Å². The van der Waals surface area contributed by atoms with Crippen LogP contribution < -0.4 is 0 Å². The molecule has 6 heteroatoms. The van der Waals surface area contributed by atoms with Crippen LogP contribution >= 0.6 is 11.8 Å². The molecule has 21 heavy (non-hydrogen) atoms. The average Bonchev–Trinajstić information content (AvgIpc) is 2.95. The smallest absolute Gasteiger partial charge is 0.247 e. The molecule has 3 rings (SSSR count). The van der Waals surface area contributed by atoms with E-state index in [1.807, 2.05) is 6.07 Å². The van der Waals surface area contributed by atoms with Crippen molar-refractivity contribution in [1.29, 1.82) is 0 Å². The van der Waals surface area contributed by atoms with Gasteiger partial charge in [-0.3, -0.25) is 0 Å². The topological polar surface area (TPSA) is 59.2 Å². The molecule has 106 valence electrons. The fraction of sp³-hybridized carbons (Fsp3) is 0.0667.